The molecule has 1 fully saturated rings. The molecule has 0 bridgehead atoms. The van der Waals surface area contributed by atoms with Crippen LogP contribution in [0.1, 0.15) is 43.9 Å². The van der Waals surface area contributed by atoms with E-state index in [2.05, 4.69) is 31.7 Å². The molecule has 1 N–H and O–H groups in total. The number of hydrogen-bond donors (Lipinski definition) is 1. The minimum atomic E-state index is -3.40. The van der Waals surface area contributed by atoms with Gasteiger partial charge in [0.2, 0.25) is 0 Å². The average molecular weight is 446 g/mol. The summed E-state index contributed by atoms with van der Waals surface area (Å²) in [5, 5.41) is 3.43. The zero-order valence-electron chi connectivity index (χ0n) is 19.2. The van der Waals surface area contributed by atoms with E-state index in [4.69, 9.17) is 0 Å². The van der Waals surface area contributed by atoms with Gasteiger partial charge in [-0.25, -0.2) is 13.4 Å². The quantitative estimate of drug-likeness (QED) is 0.546. The van der Waals surface area contributed by atoms with E-state index in [0.717, 1.165) is 36.6 Å². The standard InChI is InChI=1S/C23H35N5O2S/c1-6-20(15-31(29,30)21-8-7-17(2)19(4)13-21)26-23(24-5)27-11-9-18(3)22(14-27)28-12-10-25-16-28/h7-8,10,12-13,16,18,20,22H,6,9,11,14-15H2,1-5H3,(H,24,26). The van der Waals surface area contributed by atoms with Crippen molar-refractivity contribution in [1.82, 2.24) is 19.8 Å². The largest absolute Gasteiger partial charge is 0.352 e. The Kier molecular flexibility index (Phi) is 7.41. The summed E-state index contributed by atoms with van der Waals surface area (Å²) in [5.74, 6) is 1.34. The van der Waals surface area contributed by atoms with Gasteiger partial charge in [-0.1, -0.05) is 19.9 Å². The molecule has 31 heavy (non-hydrogen) atoms. The second-order valence-electron chi connectivity index (χ2n) is 8.61. The molecular weight excluding hydrogens is 410 g/mol. The highest BCUT2D eigenvalue weighted by Crippen LogP contribution is 2.27. The van der Waals surface area contributed by atoms with Gasteiger partial charge in [-0.2, -0.15) is 0 Å². The van der Waals surface area contributed by atoms with Crippen molar-refractivity contribution in [2.24, 2.45) is 10.9 Å². The first-order chi connectivity index (χ1) is 14.7. The van der Waals surface area contributed by atoms with E-state index in [0.29, 0.717) is 23.3 Å². The number of rotatable bonds is 6. The van der Waals surface area contributed by atoms with E-state index in [9.17, 15) is 8.42 Å². The highest BCUT2D eigenvalue weighted by atomic mass is 32.2. The molecule has 0 spiro atoms. The molecule has 1 aliphatic heterocycles. The van der Waals surface area contributed by atoms with E-state index in [1.165, 1.54) is 0 Å². The monoisotopic (exact) mass is 445 g/mol. The lowest BCUT2D eigenvalue weighted by atomic mass is 9.93. The molecule has 1 aliphatic rings. The van der Waals surface area contributed by atoms with Crippen LogP contribution in [-0.4, -0.2) is 60.8 Å². The fraction of sp³-hybridized carbons (Fsp3) is 0.565. The zero-order chi connectivity index (χ0) is 22.6. The summed E-state index contributed by atoms with van der Waals surface area (Å²) >= 11 is 0. The maximum absolute atomic E-state index is 13.1. The van der Waals surface area contributed by atoms with Crippen molar-refractivity contribution < 1.29 is 8.42 Å². The number of hydrogen-bond acceptors (Lipinski definition) is 4. The van der Waals surface area contributed by atoms with Gasteiger partial charge in [-0.15, -0.1) is 0 Å². The second-order valence-corrected chi connectivity index (χ2v) is 10.6. The van der Waals surface area contributed by atoms with Gasteiger partial charge in [0.15, 0.2) is 15.8 Å². The van der Waals surface area contributed by atoms with Crippen LogP contribution in [0, 0.1) is 19.8 Å². The predicted octanol–water partition coefficient (Wildman–Crippen LogP) is 3.21. The van der Waals surface area contributed by atoms with Crippen LogP contribution in [0.2, 0.25) is 0 Å². The smallest absolute Gasteiger partial charge is 0.193 e. The number of benzene rings is 1. The molecule has 3 unspecified atom stereocenters. The third-order valence-electron chi connectivity index (χ3n) is 6.42. The summed E-state index contributed by atoms with van der Waals surface area (Å²) in [4.78, 5) is 11.3. The summed E-state index contributed by atoms with van der Waals surface area (Å²) in [6.45, 7) is 9.92. The van der Waals surface area contributed by atoms with Crippen molar-refractivity contribution in [2.75, 3.05) is 25.9 Å². The lowest BCUT2D eigenvalue weighted by Crippen LogP contribution is -2.52. The first-order valence-corrected chi connectivity index (χ1v) is 12.7. The van der Waals surface area contributed by atoms with Crippen molar-refractivity contribution >= 4 is 15.8 Å². The van der Waals surface area contributed by atoms with Crippen LogP contribution in [0.25, 0.3) is 0 Å². The van der Waals surface area contributed by atoms with E-state index >= 15 is 0 Å². The Balaban J connectivity index is 1.71. The van der Waals surface area contributed by atoms with Crippen LogP contribution in [0.15, 0.2) is 46.8 Å². The Morgan fingerprint density at radius 3 is 2.71 bits per heavy atom. The summed E-state index contributed by atoms with van der Waals surface area (Å²) in [6, 6.07) is 5.46. The van der Waals surface area contributed by atoms with Gasteiger partial charge in [-0.3, -0.25) is 4.99 Å². The summed E-state index contributed by atoms with van der Waals surface area (Å²) in [6.07, 6.45) is 7.42. The van der Waals surface area contributed by atoms with Gasteiger partial charge in [0.1, 0.15) is 0 Å². The van der Waals surface area contributed by atoms with Crippen LogP contribution in [0.5, 0.6) is 0 Å². The normalized spacial score (nSPS) is 21.2. The van der Waals surface area contributed by atoms with Gasteiger partial charge in [0.05, 0.1) is 23.0 Å². The van der Waals surface area contributed by atoms with Crippen molar-refractivity contribution in [3.8, 4) is 0 Å². The molecule has 0 amide bonds. The van der Waals surface area contributed by atoms with Gasteiger partial charge in [-0.05, 0) is 55.9 Å². The number of nitrogens with zero attached hydrogens (tertiary/aromatic N) is 4. The van der Waals surface area contributed by atoms with Crippen LogP contribution in [0.3, 0.4) is 0 Å². The van der Waals surface area contributed by atoms with Crippen LogP contribution < -0.4 is 5.32 Å². The molecule has 1 saturated heterocycles. The number of aromatic nitrogens is 2. The maximum Gasteiger partial charge on any atom is 0.193 e. The predicted molar refractivity (Wildman–Crippen MR) is 125 cm³/mol. The molecule has 0 radical (unpaired) electrons. The molecule has 8 heteroatoms. The fourth-order valence-electron chi connectivity index (χ4n) is 4.10. The van der Waals surface area contributed by atoms with Crippen LogP contribution in [0.4, 0.5) is 0 Å². The summed E-state index contributed by atoms with van der Waals surface area (Å²) in [7, 11) is -1.64. The fourth-order valence-corrected chi connectivity index (χ4v) is 5.78. The molecular formula is C23H35N5O2S. The molecule has 3 atom stereocenters. The number of aliphatic imine (C=N–C) groups is 1. The molecule has 1 aromatic heterocycles. The Morgan fingerprint density at radius 1 is 1.32 bits per heavy atom. The lowest BCUT2D eigenvalue weighted by Gasteiger charge is -2.40. The molecule has 2 aromatic rings. The molecule has 0 aliphatic carbocycles. The number of likely N-dealkylation sites (tertiary alicyclic amines) is 1. The average Bonchev–Trinajstić information content (AvgIpc) is 3.28. The number of sulfone groups is 1. The van der Waals surface area contributed by atoms with Crippen LogP contribution in [-0.2, 0) is 9.84 Å². The molecule has 170 valence electrons. The van der Waals surface area contributed by atoms with Crippen molar-refractivity contribution in [2.45, 2.75) is 57.5 Å². The molecule has 1 aromatic carbocycles. The highest BCUT2D eigenvalue weighted by molar-refractivity contribution is 7.91. The molecule has 7 nitrogen and oxygen atoms in total. The number of piperidine rings is 1. The molecule has 0 saturated carbocycles. The topological polar surface area (TPSA) is 79.6 Å². The third-order valence-corrected chi connectivity index (χ3v) is 8.24. The number of aryl methyl sites for hydroxylation is 2. The van der Waals surface area contributed by atoms with E-state index in [1.54, 1.807) is 19.2 Å². The number of imidazole rings is 1. The number of guanidine groups is 1. The van der Waals surface area contributed by atoms with Crippen LogP contribution >= 0.6 is 0 Å². The summed E-state index contributed by atoms with van der Waals surface area (Å²) in [5.41, 5.74) is 2.09. The first-order valence-electron chi connectivity index (χ1n) is 11.0. The SMILES string of the molecule is CCC(CS(=O)(=O)c1ccc(C)c(C)c1)NC(=NC)N1CCC(C)C(n2ccnc2)C1. The maximum atomic E-state index is 13.1. The van der Waals surface area contributed by atoms with Crippen molar-refractivity contribution in [1.29, 1.82) is 0 Å². The van der Waals surface area contributed by atoms with E-state index < -0.39 is 9.84 Å². The Labute approximate surface area is 186 Å². The van der Waals surface area contributed by atoms with Gasteiger partial charge in [0, 0.05) is 38.6 Å². The Morgan fingerprint density at radius 2 is 2.10 bits per heavy atom. The van der Waals surface area contributed by atoms with E-state index in [1.807, 2.05) is 45.6 Å². The minimum Gasteiger partial charge on any atom is -0.352 e. The van der Waals surface area contributed by atoms with Gasteiger partial charge in [0.25, 0.3) is 0 Å². The highest BCUT2D eigenvalue weighted by Gasteiger charge is 2.30. The number of nitrogens with one attached hydrogen (secondary N) is 1. The Hall–Kier alpha value is -2.35. The van der Waals surface area contributed by atoms with Crippen molar-refractivity contribution in [3.05, 3.63) is 48.0 Å². The lowest BCUT2D eigenvalue weighted by molar-refractivity contribution is 0.188. The van der Waals surface area contributed by atoms with Crippen molar-refractivity contribution in [3.63, 3.8) is 0 Å². The summed E-state index contributed by atoms with van der Waals surface area (Å²) < 4.78 is 28.3. The third kappa shape index (κ3) is 5.47. The molecule has 2 heterocycles. The second kappa shape index (κ2) is 9.85. The van der Waals surface area contributed by atoms with Gasteiger partial charge >= 0.3 is 0 Å². The zero-order valence-corrected chi connectivity index (χ0v) is 20.1. The minimum absolute atomic E-state index is 0.0419. The first kappa shape index (κ1) is 23.3. The van der Waals surface area contributed by atoms with Gasteiger partial charge < -0.3 is 14.8 Å². The molecule has 3 rings (SSSR count). The Bertz CT molecular complexity index is 1000. The van der Waals surface area contributed by atoms with E-state index in [-0.39, 0.29) is 11.8 Å².